The van der Waals surface area contributed by atoms with Crippen molar-refractivity contribution >= 4 is 66.5 Å². The van der Waals surface area contributed by atoms with Gasteiger partial charge in [-0.2, -0.15) is 8.42 Å². The molecule has 0 atom stereocenters. The average Bonchev–Trinajstić information content (AvgIpc) is 2.69. The lowest BCUT2D eigenvalue weighted by Crippen LogP contribution is -2.01. The highest BCUT2D eigenvalue weighted by Crippen LogP contribution is 2.45. The molecule has 0 spiro atoms. The van der Waals surface area contributed by atoms with Crippen LogP contribution in [0.25, 0.3) is 32.3 Å². The zero-order valence-corrected chi connectivity index (χ0v) is 16.9. The Bertz CT molecular complexity index is 1320. The molecule has 9 nitrogen and oxygen atoms in total. The van der Waals surface area contributed by atoms with Crippen molar-refractivity contribution in [3.8, 4) is 0 Å². The highest BCUT2D eigenvalue weighted by atomic mass is 32.2. The molecule has 0 unspecified atom stereocenters. The van der Waals surface area contributed by atoms with E-state index in [1.54, 1.807) is 24.3 Å². The quantitative estimate of drug-likeness (QED) is 0.114. The van der Waals surface area contributed by atoms with E-state index in [1.807, 2.05) is 13.0 Å². The van der Waals surface area contributed by atoms with Crippen molar-refractivity contribution in [2.75, 3.05) is 0 Å². The summed E-state index contributed by atoms with van der Waals surface area (Å²) >= 11 is 1.39. The van der Waals surface area contributed by atoms with Gasteiger partial charge in [0.15, 0.2) is 0 Å². The Morgan fingerprint density at radius 2 is 1.28 bits per heavy atom. The lowest BCUT2D eigenvalue weighted by atomic mass is 9.92. The monoisotopic (exact) mass is 456 g/mol. The van der Waals surface area contributed by atoms with Crippen molar-refractivity contribution in [1.82, 2.24) is 0 Å². The Balaban J connectivity index is 2.19. The SMILES string of the molecule is Cc1cc(SOOO)c2ccc3c(SOOO)cc(S(=O)(=O)O)c4ccc1c2c34. The fraction of sp³-hybridized carbons (Fsp3) is 0.0588. The molecule has 0 amide bonds. The van der Waals surface area contributed by atoms with Crippen molar-refractivity contribution in [2.45, 2.75) is 21.6 Å². The van der Waals surface area contributed by atoms with Crippen LogP contribution in [0.1, 0.15) is 5.56 Å². The first-order chi connectivity index (χ1) is 13.9. The van der Waals surface area contributed by atoms with E-state index in [-0.39, 0.29) is 4.90 Å². The molecule has 0 aliphatic carbocycles. The zero-order chi connectivity index (χ0) is 20.8. The van der Waals surface area contributed by atoms with Crippen LogP contribution in [-0.4, -0.2) is 23.5 Å². The predicted octanol–water partition coefficient (Wildman–Crippen LogP) is 5.00. The maximum atomic E-state index is 12.0. The van der Waals surface area contributed by atoms with Crippen LogP contribution in [0, 0.1) is 6.92 Å². The first-order valence-electron chi connectivity index (χ1n) is 7.89. The molecule has 0 bridgehead atoms. The van der Waals surface area contributed by atoms with Crippen LogP contribution in [0.4, 0.5) is 0 Å². The molecular weight excluding hydrogens is 444 g/mol. The first-order valence-corrected chi connectivity index (χ1v) is 10.8. The van der Waals surface area contributed by atoms with Crippen molar-refractivity contribution in [2.24, 2.45) is 0 Å². The summed E-state index contributed by atoms with van der Waals surface area (Å²) in [6, 6.07) is 10.0. The van der Waals surface area contributed by atoms with E-state index in [0.717, 1.165) is 28.4 Å². The van der Waals surface area contributed by atoms with Gasteiger partial charge in [-0.05, 0) is 51.6 Å². The molecule has 29 heavy (non-hydrogen) atoms. The maximum Gasteiger partial charge on any atom is 0.295 e. The predicted molar refractivity (Wildman–Crippen MR) is 106 cm³/mol. The molecule has 12 heteroatoms. The van der Waals surface area contributed by atoms with Gasteiger partial charge in [-0.1, -0.05) is 34.3 Å². The summed E-state index contributed by atoms with van der Waals surface area (Å²) in [7, 11) is -4.56. The third-order valence-electron chi connectivity index (χ3n) is 4.58. The van der Waals surface area contributed by atoms with E-state index in [9.17, 15) is 13.0 Å². The van der Waals surface area contributed by atoms with Crippen molar-refractivity contribution in [3.63, 3.8) is 0 Å². The summed E-state index contributed by atoms with van der Waals surface area (Å²) in [4.78, 5) is 0.619. The number of rotatable bonds is 7. The highest BCUT2D eigenvalue weighted by molar-refractivity contribution is 7.95. The topological polar surface area (TPSA) is 132 Å². The summed E-state index contributed by atoms with van der Waals surface area (Å²) in [6.45, 7) is 1.87. The Morgan fingerprint density at radius 1 is 0.793 bits per heavy atom. The van der Waals surface area contributed by atoms with Crippen LogP contribution < -0.4 is 0 Å². The maximum absolute atomic E-state index is 12.0. The Hall–Kier alpha value is -1.71. The molecular formula is C17H12O9S3. The van der Waals surface area contributed by atoms with Gasteiger partial charge < -0.3 is 0 Å². The van der Waals surface area contributed by atoms with Crippen LogP contribution in [0.5, 0.6) is 0 Å². The molecule has 4 rings (SSSR count). The zero-order valence-electron chi connectivity index (χ0n) is 14.5. The summed E-state index contributed by atoms with van der Waals surface area (Å²) in [5.41, 5.74) is 0.873. The normalized spacial score (nSPS) is 12.6. The van der Waals surface area contributed by atoms with Gasteiger partial charge in [0, 0.05) is 15.2 Å². The lowest BCUT2D eigenvalue weighted by Gasteiger charge is -2.17. The average molecular weight is 456 g/mol. The Kier molecular flexibility index (Phi) is 5.56. The minimum Gasteiger partial charge on any atom is -0.282 e. The van der Waals surface area contributed by atoms with Gasteiger partial charge in [-0.15, -0.1) is 8.67 Å². The fourth-order valence-corrected chi connectivity index (χ4v) is 5.43. The molecule has 0 saturated carbocycles. The van der Waals surface area contributed by atoms with E-state index in [0.29, 0.717) is 43.4 Å². The fourth-order valence-electron chi connectivity index (χ4n) is 3.52. The van der Waals surface area contributed by atoms with E-state index in [4.69, 9.17) is 10.5 Å². The van der Waals surface area contributed by atoms with Crippen LogP contribution in [0.3, 0.4) is 0 Å². The highest BCUT2D eigenvalue weighted by Gasteiger charge is 2.23. The van der Waals surface area contributed by atoms with Gasteiger partial charge in [0.05, 0.1) is 24.1 Å². The van der Waals surface area contributed by atoms with Gasteiger partial charge >= 0.3 is 0 Å². The van der Waals surface area contributed by atoms with E-state index in [1.165, 1.54) is 6.07 Å². The van der Waals surface area contributed by atoms with Gasteiger partial charge in [-0.25, -0.2) is 10.5 Å². The second-order valence-corrected chi connectivity index (χ2v) is 8.94. The Morgan fingerprint density at radius 3 is 1.83 bits per heavy atom. The molecule has 0 aliphatic rings. The number of aryl methyl sites for hydroxylation is 1. The van der Waals surface area contributed by atoms with Crippen molar-refractivity contribution in [1.29, 1.82) is 0 Å². The second-order valence-electron chi connectivity index (χ2n) is 6.06. The van der Waals surface area contributed by atoms with Gasteiger partial charge in [-0.3, -0.25) is 4.55 Å². The first kappa shape index (κ1) is 20.6. The molecule has 0 aromatic heterocycles. The van der Waals surface area contributed by atoms with Gasteiger partial charge in [0.1, 0.15) is 4.90 Å². The molecule has 0 aliphatic heterocycles. The van der Waals surface area contributed by atoms with Gasteiger partial charge in [0.25, 0.3) is 10.1 Å². The summed E-state index contributed by atoms with van der Waals surface area (Å²) in [5.74, 6) is 0. The molecule has 4 aromatic rings. The number of hydrogen-bond donors (Lipinski definition) is 3. The van der Waals surface area contributed by atoms with Crippen LogP contribution in [0.2, 0.25) is 0 Å². The molecule has 0 heterocycles. The third-order valence-corrected chi connectivity index (χ3v) is 6.76. The number of hydrogen-bond acceptors (Lipinski definition) is 10. The second kappa shape index (κ2) is 7.85. The van der Waals surface area contributed by atoms with E-state index >= 15 is 0 Å². The van der Waals surface area contributed by atoms with Crippen LogP contribution >= 0.6 is 24.1 Å². The summed E-state index contributed by atoms with van der Waals surface area (Å²) < 4.78 is 42.9. The largest absolute Gasteiger partial charge is 0.295 e. The summed E-state index contributed by atoms with van der Waals surface area (Å²) in [6.07, 6.45) is 0. The van der Waals surface area contributed by atoms with Crippen LogP contribution in [0.15, 0.2) is 51.1 Å². The minimum atomic E-state index is -4.56. The van der Waals surface area contributed by atoms with Gasteiger partial charge in [0.2, 0.25) is 0 Å². The molecule has 0 radical (unpaired) electrons. The van der Waals surface area contributed by atoms with Crippen LogP contribution in [-0.2, 0) is 28.9 Å². The third kappa shape index (κ3) is 3.53. The molecule has 0 saturated heterocycles. The molecule has 0 fully saturated rings. The molecule has 152 valence electrons. The van der Waals surface area contributed by atoms with E-state index in [2.05, 4.69) is 18.7 Å². The van der Waals surface area contributed by atoms with E-state index < -0.39 is 10.1 Å². The summed E-state index contributed by atoms with van der Waals surface area (Å²) in [5, 5.41) is 28.1. The number of benzene rings is 4. The smallest absolute Gasteiger partial charge is 0.282 e. The van der Waals surface area contributed by atoms with Crippen molar-refractivity contribution < 1.29 is 42.2 Å². The standard InChI is InChI=1S/C17H12O9S3/c1-8-6-13(27-25-23-18)10-3-4-11-14(28-26-24-19)7-15(29(20,21)22)12-5-2-9(8)16(10)17(11)12/h2-7,18-19H,1H3,(H,20,21,22). The Labute approximate surface area is 172 Å². The molecule has 3 N–H and O–H groups in total. The molecule has 4 aromatic carbocycles. The van der Waals surface area contributed by atoms with Crippen molar-refractivity contribution in [3.05, 3.63) is 42.0 Å². The lowest BCUT2D eigenvalue weighted by molar-refractivity contribution is -0.432. The minimum absolute atomic E-state index is 0.305.